The van der Waals surface area contributed by atoms with Crippen molar-refractivity contribution >= 4 is 17.7 Å². The second-order valence-corrected chi connectivity index (χ2v) is 5.42. The highest BCUT2D eigenvalue weighted by Crippen LogP contribution is 2.16. The molecule has 132 valence electrons. The van der Waals surface area contributed by atoms with Crippen LogP contribution in [0.1, 0.15) is 22.3 Å². The quantitative estimate of drug-likeness (QED) is 0.597. The molecule has 2 amide bonds. The molecule has 0 atom stereocenters. The van der Waals surface area contributed by atoms with Crippen LogP contribution in [0.2, 0.25) is 0 Å². The topological polar surface area (TPSA) is 76.7 Å². The summed E-state index contributed by atoms with van der Waals surface area (Å²) in [4.78, 5) is 23.2. The first-order valence-corrected chi connectivity index (χ1v) is 8.02. The highest BCUT2D eigenvalue weighted by Gasteiger charge is 2.06. The van der Waals surface area contributed by atoms with Gasteiger partial charge in [0.05, 0.1) is 19.3 Å². The van der Waals surface area contributed by atoms with Crippen LogP contribution in [0.15, 0.2) is 48.5 Å². The van der Waals surface area contributed by atoms with Crippen LogP contribution in [-0.2, 0) is 4.74 Å². The monoisotopic (exact) mass is 342 g/mol. The summed E-state index contributed by atoms with van der Waals surface area (Å²) in [5.41, 5.74) is 2.12. The van der Waals surface area contributed by atoms with Gasteiger partial charge in [0.1, 0.15) is 5.75 Å². The van der Waals surface area contributed by atoms with E-state index in [0.717, 1.165) is 11.3 Å². The molecule has 0 saturated heterocycles. The summed E-state index contributed by atoms with van der Waals surface area (Å²) in [5, 5.41) is 5.46. The Labute approximate surface area is 147 Å². The molecule has 0 aliphatic carbocycles. The van der Waals surface area contributed by atoms with Crippen LogP contribution in [0.25, 0.3) is 0 Å². The SMILES string of the molecule is COC(=O)c1ccc(NC(=O)NCCCOc2ccccc2C)cc1. The number of anilines is 1. The summed E-state index contributed by atoms with van der Waals surface area (Å²) in [5.74, 6) is 0.447. The number of benzene rings is 2. The first-order valence-electron chi connectivity index (χ1n) is 8.02. The molecule has 0 bridgehead atoms. The summed E-state index contributed by atoms with van der Waals surface area (Å²) in [6.07, 6.45) is 0.697. The Morgan fingerprint density at radius 2 is 1.76 bits per heavy atom. The second-order valence-electron chi connectivity index (χ2n) is 5.42. The van der Waals surface area contributed by atoms with Crippen molar-refractivity contribution in [2.45, 2.75) is 13.3 Å². The van der Waals surface area contributed by atoms with Gasteiger partial charge in [0.25, 0.3) is 0 Å². The van der Waals surface area contributed by atoms with Crippen molar-refractivity contribution in [1.82, 2.24) is 5.32 Å². The molecule has 25 heavy (non-hydrogen) atoms. The first kappa shape index (κ1) is 18.3. The minimum Gasteiger partial charge on any atom is -0.493 e. The molecule has 0 unspecified atom stereocenters. The second kappa shape index (κ2) is 9.32. The third-order valence-corrected chi connectivity index (χ3v) is 3.52. The lowest BCUT2D eigenvalue weighted by molar-refractivity contribution is 0.0600. The number of nitrogens with one attached hydrogen (secondary N) is 2. The van der Waals surface area contributed by atoms with Gasteiger partial charge in [-0.05, 0) is 49.2 Å². The van der Waals surface area contributed by atoms with Gasteiger partial charge < -0.3 is 20.1 Å². The van der Waals surface area contributed by atoms with E-state index >= 15 is 0 Å². The fourth-order valence-electron chi connectivity index (χ4n) is 2.16. The molecule has 0 fully saturated rings. The molecule has 2 aromatic rings. The van der Waals surface area contributed by atoms with E-state index in [9.17, 15) is 9.59 Å². The molecule has 6 heteroatoms. The fraction of sp³-hybridized carbons (Fsp3) is 0.263. The smallest absolute Gasteiger partial charge is 0.337 e. The van der Waals surface area contributed by atoms with Gasteiger partial charge in [-0.15, -0.1) is 0 Å². The van der Waals surface area contributed by atoms with Crippen molar-refractivity contribution in [3.63, 3.8) is 0 Å². The van der Waals surface area contributed by atoms with Crippen molar-refractivity contribution in [3.05, 3.63) is 59.7 Å². The number of aryl methyl sites for hydroxylation is 1. The van der Waals surface area contributed by atoms with Gasteiger partial charge in [-0.1, -0.05) is 18.2 Å². The molecule has 2 aromatic carbocycles. The van der Waals surface area contributed by atoms with Gasteiger partial charge >= 0.3 is 12.0 Å². The lowest BCUT2D eigenvalue weighted by atomic mass is 10.2. The van der Waals surface area contributed by atoms with Crippen molar-refractivity contribution < 1.29 is 19.1 Å². The highest BCUT2D eigenvalue weighted by molar-refractivity contribution is 5.92. The Balaban J connectivity index is 1.67. The summed E-state index contributed by atoms with van der Waals surface area (Å²) < 4.78 is 10.3. The zero-order chi connectivity index (χ0) is 18.1. The van der Waals surface area contributed by atoms with Crippen LogP contribution >= 0.6 is 0 Å². The molecular formula is C19H22N2O4. The Bertz CT molecular complexity index is 714. The van der Waals surface area contributed by atoms with Gasteiger partial charge in [0.2, 0.25) is 0 Å². The fourth-order valence-corrected chi connectivity index (χ4v) is 2.16. The first-order chi connectivity index (χ1) is 12.1. The number of amides is 2. The van der Waals surface area contributed by atoms with E-state index in [1.807, 2.05) is 31.2 Å². The van der Waals surface area contributed by atoms with E-state index in [2.05, 4.69) is 15.4 Å². The number of hydrogen-bond acceptors (Lipinski definition) is 4. The lowest BCUT2D eigenvalue weighted by Crippen LogP contribution is -2.30. The van der Waals surface area contributed by atoms with E-state index < -0.39 is 5.97 Å². The number of hydrogen-bond donors (Lipinski definition) is 2. The summed E-state index contributed by atoms with van der Waals surface area (Å²) in [6, 6.07) is 14.0. The molecule has 0 spiro atoms. The number of ether oxygens (including phenoxy) is 2. The number of para-hydroxylation sites is 1. The van der Waals surface area contributed by atoms with Gasteiger partial charge in [-0.2, -0.15) is 0 Å². The number of esters is 1. The molecule has 6 nitrogen and oxygen atoms in total. The minimum absolute atomic E-state index is 0.304. The number of rotatable bonds is 7. The van der Waals surface area contributed by atoms with Crippen LogP contribution < -0.4 is 15.4 Å². The largest absolute Gasteiger partial charge is 0.493 e. The summed E-state index contributed by atoms with van der Waals surface area (Å²) in [7, 11) is 1.32. The van der Waals surface area contributed by atoms with Gasteiger partial charge in [-0.3, -0.25) is 0 Å². The summed E-state index contributed by atoms with van der Waals surface area (Å²) in [6.45, 7) is 3.02. The van der Waals surface area contributed by atoms with Crippen molar-refractivity contribution in [1.29, 1.82) is 0 Å². The molecule has 2 N–H and O–H groups in total. The van der Waals surface area contributed by atoms with E-state index in [4.69, 9.17) is 4.74 Å². The third kappa shape index (κ3) is 5.84. The zero-order valence-corrected chi connectivity index (χ0v) is 14.4. The number of carbonyl (C=O) groups is 2. The molecule has 0 aliphatic heterocycles. The maximum absolute atomic E-state index is 11.8. The molecule has 0 radical (unpaired) electrons. The Kier molecular flexibility index (Phi) is 6.83. The highest BCUT2D eigenvalue weighted by atomic mass is 16.5. The van der Waals surface area contributed by atoms with E-state index in [-0.39, 0.29) is 6.03 Å². The minimum atomic E-state index is -0.412. The van der Waals surface area contributed by atoms with Crippen LogP contribution in [0, 0.1) is 6.92 Å². The maximum atomic E-state index is 11.8. The van der Waals surface area contributed by atoms with Gasteiger partial charge in [0.15, 0.2) is 0 Å². The van der Waals surface area contributed by atoms with E-state index in [1.54, 1.807) is 24.3 Å². The van der Waals surface area contributed by atoms with Crippen LogP contribution in [0.3, 0.4) is 0 Å². The van der Waals surface area contributed by atoms with Gasteiger partial charge in [0, 0.05) is 12.2 Å². The molecule has 0 aliphatic rings. The molecule has 0 heterocycles. The molecule has 0 saturated carbocycles. The van der Waals surface area contributed by atoms with E-state index in [1.165, 1.54) is 7.11 Å². The predicted octanol–water partition coefficient (Wildman–Crippen LogP) is 3.37. The van der Waals surface area contributed by atoms with Gasteiger partial charge in [-0.25, -0.2) is 9.59 Å². The Morgan fingerprint density at radius 1 is 1.04 bits per heavy atom. The summed E-state index contributed by atoms with van der Waals surface area (Å²) >= 11 is 0. The van der Waals surface area contributed by atoms with Crippen molar-refractivity contribution in [2.75, 3.05) is 25.6 Å². The molecule has 2 rings (SSSR count). The lowest BCUT2D eigenvalue weighted by Gasteiger charge is -2.10. The Hall–Kier alpha value is -3.02. The van der Waals surface area contributed by atoms with Crippen molar-refractivity contribution in [3.8, 4) is 5.75 Å². The van der Waals surface area contributed by atoms with Crippen LogP contribution in [0.5, 0.6) is 5.75 Å². The Morgan fingerprint density at radius 3 is 2.44 bits per heavy atom. The van der Waals surface area contributed by atoms with E-state index in [0.29, 0.717) is 30.8 Å². The number of methoxy groups -OCH3 is 1. The number of carbonyl (C=O) groups excluding carboxylic acids is 2. The predicted molar refractivity (Wildman–Crippen MR) is 96.1 cm³/mol. The zero-order valence-electron chi connectivity index (χ0n) is 14.4. The standard InChI is InChI=1S/C19H22N2O4/c1-14-6-3-4-7-17(14)25-13-5-12-20-19(23)21-16-10-8-15(9-11-16)18(22)24-2/h3-4,6-11H,5,12-13H2,1-2H3,(H2,20,21,23). The number of urea groups is 1. The molecular weight excluding hydrogens is 320 g/mol. The normalized spacial score (nSPS) is 10.0. The third-order valence-electron chi connectivity index (χ3n) is 3.52. The van der Waals surface area contributed by atoms with Crippen molar-refractivity contribution in [2.24, 2.45) is 0 Å². The average Bonchev–Trinajstić information content (AvgIpc) is 2.63. The maximum Gasteiger partial charge on any atom is 0.337 e. The van der Waals surface area contributed by atoms with Crippen LogP contribution in [-0.4, -0.2) is 32.3 Å². The average molecular weight is 342 g/mol. The van der Waals surface area contributed by atoms with Crippen LogP contribution in [0.4, 0.5) is 10.5 Å². The molecule has 0 aromatic heterocycles.